The molecule has 0 aromatic carbocycles. The molecule has 1 atom stereocenters. The van der Waals surface area contributed by atoms with Crippen LogP contribution in [0.5, 0.6) is 0 Å². The van der Waals surface area contributed by atoms with Crippen LogP contribution in [0.4, 0.5) is 0 Å². The van der Waals surface area contributed by atoms with Gasteiger partial charge in [-0.25, -0.2) is 4.79 Å². The van der Waals surface area contributed by atoms with Crippen molar-refractivity contribution in [2.24, 2.45) is 0 Å². The van der Waals surface area contributed by atoms with E-state index >= 15 is 0 Å². The maximum Gasteiger partial charge on any atom is 0.326 e. The number of hydrogen-bond acceptors (Lipinski definition) is 4. The molecular formula is C13H21N3O5. The Bertz CT molecular complexity index is 438. The van der Waals surface area contributed by atoms with Crippen LogP contribution in [-0.2, 0) is 19.2 Å². The molecule has 1 saturated heterocycles. The van der Waals surface area contributed by atoms with Crippen LogP contribution in [0.15, 0.2) is 0 Å². The molecule has 0 spiro atoms. The summed E-state index contributed by atoms with van der Waals surface area (Å²) in [6, 6.07) is -1.01. The van der Waals surface area contributed by atoms with E-state index in [0.717, 1.165) is 0 Å². The van der Waals surface area contributed by atoms with Crippen molar-refractivity contribution < 1.29 is 24.3 Å². The van der Waals surface area contributed by atoms with E-state index in [2.05, 4.69) is 5.32 Å². The van der Waals surface area contributed by atoms with Crippen molar-refractivity contribution in [1.29, 1.82) is 0 Å². The summed E-state index contributed by atoms with van der Waals surface area (Å²) in [6.07, 6.45) is 1.14. The van der Waals surface area contributed by atoms with E-state index in [4.69, 9.17) is 5.11 Å². The molecule has 1 aliphatic heterocycles. The molecule has 21 heavy (non-hydrogen) atoms. The Hall–Kier alpha value is -2.12. The summed E-state index contributed by atoms with van der Waals surface area (Å²) in [5.41, 5.74) is 0. The van der Waals surface area contributed by atoms with Crippen LogP contribution in [-0.4, -0.2) is 70.8 Å². The minimum absolute atomic E-state index is 0.0897. The quantitative estimate of drug-likeness (QED) is 0.630. The zero-order valence-corrected chi connectivity index (χ0v) is 12.3. The fourth-order valence-electron chi connectivity index (χ4n) is 2.15. The topological polar surface area (TPSA) is 107 Å². The number of nitrogens with one attached hydrogen (secondary N) is 1. The number of aliphatic carboxylic acids is 1. The lowest BCUT2D eigenvalue weighted by Gasteiger charge is -2.28. The Morgan fingerprint density at radius 3 is 2.57 bits per heavy atom. The number of amides is 3. The third-order valence-corrected chi connectivity index (χ3v) is 3.37. The fraction of sp³-hybridized carbons (Fsp3) is 0.692. The number of carboxylic acids is 1. The Labute approximate surface area is 123 Å². The summed E-state index contributed by atoms with van der Waals surface area (Å²) in [6.45, 7) is 3.41. The molecule has 8 nitrogen and oxygen atoms in total. The molecule has 1 fully saturated rings. The second kappa shape index (κ2) is 7.61. The molecule has 118 valence electrons. The fourth-order valence-corrected chi connectivity index (χ4v) is 2.15. The number of carboxylic acid groups (broad SMARTS) is 1. The standard InChI is InChI=1S/C13H21N3O5/c1-9(13(20)21)16(7-5-14-10(2)17)12(19)8-15-6-3-4-11(15)18/h9H,3-8H2,1-2H3,(H,14,17)(H,20,21). The highest BCUT2D eigenvalue weighted by Crippen LogP contribution is 2.10. The zero-order chi connectivity index (χ0) is 16.0. The summed E-state index contributed by atoms with van der Waals surface area (Å²) >= 11 is 0. The van der Waals surface area contributed by atoms with Gasteiger partial charge in [-0.2, -0.15) is 0 Å². The maximum absolute atomic E-state index is 12.2. The normalized spacial score (nSPS) is 15.7. The van der Waals surface area contributed by atoms with Gasteiger partial charge in [-0.15, -0.1) is 0 Å². The van der Waals surface area contributed by atoms with Crippen molar-refractivity contribution in [3.05, 3.63) is 0 Å². The van der Waals surface area contributed by atoms with Gasteiger partial charge in [0.25, 0.3) is 0 Å². The van der Waals surface area contributed by atoms with Gasteiger partial charge in [0, 0.05) is 33.0 Å². The highest BCUT2D eigenvalue weighted by Gasteiger charge is 2.29. The summed E-state index contributed by atoms with van der Waals surface area (Å²) in [4.78, 5) is 48.3. The molecule has 1 rings (SSSR count). The van der Waals surface area contributed by atoms with E-state index in [0.29, 0.717) is 19.4 Å². The zero-order valence-electron chi connectivity index (χ0n) is 12.3. The largest absolute Gasteiger partial charge is 0.480 e. The summed E-state index contributed by atoms with van der Waals surface area (Å²) < 4.78 is 0. The van der Waals surface area contributed by atoms with E-state index in [1.807, 2.05) is 0 Å². The van der Waals surface area contributed by atoms with E-state index in [1.54, 1.807) is 0 Å². The maximum atomic E-state index is 12.2. The summed E-state index contributed by atoms with van der Waals surface area (Å²) in [5.74, 6) is -1.89. The smallest absolute Gasteiger partial charge is 0.326 e. The Morgan fingerprint density at radius 2 is 2.10 bits per heavy atom. The van der Waals surface area contributed by atoms with E-state index in [9.17, 15) is 19.2 Å². The molecule has 8 heteroatoms. The molecule has 1 heterocycles. The van der Waals surface area contributed by atoms with Crippen LogP contribution in [0.25, 0.3) is 0 Å². The Balaban J connectivity index is 2.65. The first-order valence-corrected chi connectivity index (χ1v) is 6.87. The number of hydrogen-bond donors (Lipinski definition) is 2. The first-order valence-electron chi connectivity index (χ1n) is 6.87. The van der Waals surface area contributed by atoms with Crippen molar-refractivity contribution in [2.45, 2.75) is 32.7 Å². The molecule has 0 saturated carbocycles. The van der Waals surface area contributed by atoms with Gasteiger partial charge in [-0.3, -0.25) is 14.4 Å². The number of carbonyl (C=O) groups excluding carboxylic acids is 3. The van der Waals surface area contributed by atoms with Crippen molar-refractivity contribution in [2.75, 3.05) is 26.2 Å². The first kappa shape index (κ1) is 16.9. The molecule has 2 N–H and O–H groups in total. The van der Waals surface area contributed by atoms with Gasteiger partial charge in [-0.05, 0) is 13.3 Å². The van der Waals surface area contributed by atoms with Gasteiger partial charge >= 0.3 is 5.97 Å². The summed E-state index contributed by atoms with van der Waals surface area (Å²) in [7, 11) is 0. The predicted molar refractivity (Wildman–Crippen MR) is 73.3 cm³/mol. The molecule has 0 radical (unpaired) electrons. The number of likely N-dealkylation sites (tertiary alicyclic amines) is 1. The highest BCUT2D eigenvalue weighted by molar-refractivity contribution is 5.88. The lowest BCUT2D eigenvalue weighted by atomic mass is 10.2. The van der Waals surface area contributed by atoms with Gasteiger partial charge in [-0.1, -0.05) is 0 Å². The molecule has 3 amide bonds. The van der Waals surface area contributed by atoms with Gasteiger partial charge < -0.3 is 20.2 Å². The van der Waals surface area contributed by atoms with Crippen LogP contribution in [0.2, 0.25) is 0 Å². The monoisotopic (exact) mass is 299 g/mol. The van der Waals surface area contributed by atoms with E-state index in [1.165, 1.54) is 23.6 Å². The third kappa shape index (κ3) is 5.05. The van der Waals surface area contributed by atoms with E-state index in [-0.39, 0.29) is 31.4 Å². The molecule has 0 aliphatic carbocycles. The highest BCUT2D eigenvalue weighted by atomic mass is 16.4. The Morgan fingerprint density at radius 1 is 1.43 bits per heavy atom. The molecule has 0 aromatic rings. The average Bonchev–Trinajstić information content (AvgIpc) is 2.79. The third-order valence-electron chi connectivity index (χ3n) is 3.37. The van der Waals surface area contributed by atoms with Gasteiger partial charge in [0.2, 0.25) is 17.7 Å². The van der Waals surface area contributed by atoms with Gasteiger partial charge in [0.15, 0.2) is 0 Å². The minimum atomic E-state index is -1.13. The minimum Gasteiger partial charge on any atom is -0.480 e. The predicted octanol–water partition coefficient (Wildman–Crippen LogP) is -0.953. The van der Waals surface area contributed by atoms with Crippen LogP contribution in [0, 0.1) is 0 Å². The van der Waals surface area contributed by atoms with Crippen LogP contribution >= 0.6 is 0 Å². The second-order valence-electron chi connectivity index (χ2n) is 5.00. The van der Waals surface area contributed by atoms with Crippen LogP contribution in [0.3, 0.4) is 0 Å². The van der Waals surface area contributed by atoms with Gasteiger partial charge in [0.05, 0.1) is 6.54 Å². The number of rotatable bonds is 7. The van der Waals surface area contributed by atoms with Crippen molar-refractivity contribution in [3.8, 4) is 0 Å². The van der Waals surface area contributed by atoms with Crippen molar-refractivity contribution in [1.82, 2.24) is 15.1 Å². The molecule has 0 aromatic heterocycles. The molecule has 1 aliphatic rings. The van der Waals surface area contributed by atoms with Crippen LogP contribution in [0.1, 0.15) is 26.7 Å². The SMILES string of the molecule is CC(=O)NCCN(C(=O)CN1CCCC1=O)C(C)C(=O)O. The first-order chi connectivity index (χ1) is 9.82. The van der Waals surface area contributed by atoms with E-state index < -0.39 is 17.9 Å². The van der Waals surface area contributed by atoms with Crippen molar-refractivity contribution >= 4 is 23.7 Å². The lowest BCUT2D eigenvalue weighted by molar-refractivity contribution is -0.150. The van der Waals surface area contributed by atoms with Gasteiger partial charge in [0.1, 0.15) is 6.04 Å². The number of carbonyl (C=O) groups is 4. The molecule has 0 bridgehead atoms. The average molecular weight is 299 g/mol. The molecule has 1 unspecified atom stereocenters. The second-order valence-corrected chi connectivity index (χ2v) is 5.00. The Kier molecular flexibility index (Phi) is 6.13. The number of nitrogens with zero attached hydrogens (tertiary/aromatic N) is 2. The van der Waals surface area contributed by atoms with Crippen LogP contribution < -0.4 is 5.32 Å². The van der Waals surface area contributed by atoms with Crippen molar-refractivity contribution in [3.63, 3.8) is 0 Å². The molecular weight excluding hydrogens is 278 g/mol. The summed E-state index contributed by atoms with van der Waals surface area (Å²) in [5, 5.41) is 11.6. The lowest BCUT2D eigenvalue weighted by Crippen LogP contribution is -2.50.